The molecule has 5 heteroatoms. The highest BCUT2D eigenvalue weighted by molar-refractivity contribution is 5.82. The lowest BCUT2D eigenvalue weighted by atomic mass is 9.98. The van der Waals surface area contributed by atoms with Crippen molar-refractivity contribution in [3.05, 3.63) is 36.0 Å². The zero-order valence-corrected chi connectivity index (χ0v) is 11.9. The van der Waals surface area contributed by atoms with Crippen LogP contribution in [0.1, 0.15) is 11.7 Å². The number of para-hydroxylation sites is 1. The molecular weight excluding hydrogens is 256 g/mol. The van der Waals surface area contributed by atoms with E-state index < -0.39 is 0 Å². The van der Waals surface area contributed by atoms with Gasteiger partial charge in [-0.2, -0.15) is 5.06 Å². The molecule has 2 heterocycles. The smallest absolute Gasteiger partial charge is 0.313 e. The van der Waals surface area contributed by atoms with E-state index in [0.717, 1.165) is 16.6 Å². The third-order valence-electron chi connectivity index (χ3n) is 4.03. The number of fused-ring (bicyclic) bond motifs is 1. The number of methoxy groups -OCH3 is 1. The van der Waals surface area contributed by atoms with Crippen LogP contribution in [0, 0.1) is 5.92 Å². The summed E-state index contributed by atoms with van der Waals surface area (Å²) in [4.78, 5) is 17.5. The SMILES string of the molecule is COC(=O)[C@@H]1CON(C)[C@@H]1c1cc2ccccc2n1C. The van der Waals surface area contributed by atoms with Crippen molar-refractivity contribution in [2.75, 3.05) is 20.8 Å². The average Bonchev–Trinajstić information content (AvgIpc) is 2.99. The van der Waals surface area contributed by atoms with Gasteiger partial charge in [0.1, 0.15) is 5.92 Å². The molecule has 106 valence electrons. The van der Waals surface area contributed by atoms with Gasteiger partial charge in [-0.3, -0.25) is 9.63 Å². The Hall–Kier alpha value is -1.85. The number of hydrogen-bond acceptors (Lipinski definition) is 4. The Morgan fingerprint density at radius 3 is 2.80 bits per heavy atom. The zero-order valence-electron chi connectivity index (χ0n) is 11.9. The summed E-state index contributed by atoms with van der Waals surface area (Å²) in [5.74, 6) is -0.530. The predicted octanol–water partition coefficient (Wildman–Crippen LogP) is 1.89. The fraction of sp³-hybridized carbons (Fsp3) is 0.400. The quantitative estimate of drug-likeness (QED) is 0.784. The van der Waals surface area contributed by atoms with E-state index in [1.54, 1.807) is 5.06 Å². The standard InChI is InChI=1S/C15H18N2O3/c1-16-12-7-5-4-6-10(12)8-13(16)14-11(15(18)19-3)9-20-17(14)2/h4-8,11,14H,9H2,1-3H3/t11-,14+/m1/s1. The Labute approximate surface area is 117 Å². The van der Waals surface area contributed by atoms with Crippen LogP contribution in [0.5, 0.6) is 0 Å². The number of aryl methyl sites for hydroxylation is 1. The van der Waals surface area contributed by atoms with Crippen molar-refractivity contribution in [1.82, 2.24) is 9.63 Å². The van der Waals surface area contributed by atoms with Gasteiger partial charge >= 0.3 is 5.97 Å². The molecule has 3 rings (SSSR count). The van der Waals surface area contributed by atoms with Crippen molar-refractivity contribution in [3.63, 3.8) is 0 Å². The van der Waals surface area contributed by atoms with Gasteiger partial charge in [-0.25, -0.2) is 0 Å². The second kappa shape index (κ2) is 4.92. The molecule has 20 heavy (non-hydrogen) atoms. The summed E-state index contributed by atoms with van der Waals surface area (Å²) in [6.07, 6.45) is 0. The van der Waals surface area contributed by atoms with E-state index in [0.29, 0.717) is 6.61 Å². The Bertz CT molecular complexity index is 650. The minimum Gasteiger partial charge on any atom is -0.469 e. The van der Waals surface area contributed by atoms with E-state index >= 15 is 0 Å². The van der Waals surface area contributed by atoms with E-state index in [4.69, 9.17) is 9.57 Å². The molecule has 1 aromatic carbocycles. The largest absolute Gasteiger partial charge is 0.469 e. The van der Waals surface area contributed by atoms with Crippen LogP contribution in [0.25, 0.3) is 10.9 Å². The van der Waals surface area contributed by atoms with Crippen molar-refractivity contribution in [3.8, 4) is 0 Å². The lowest BCUT2D eigenvalue weighted by molar-refractivity contribution is -0.145. The number of aromatic nitrogens is 1. The Balaban J connectivity index is 2.08. The summed E-state index contributed by atoms with van der Waals surface area (Å²) < 4.78 is 7.01. The molecular formula is C15H18N2O3. The van der Waals surface area contributed by atoms with Crippen LogP contribution in [-0.4, -0.2) is 36.4 Å². The molecule has 1 aliphatic rings. The second-order valence-corrected chi connectivity index (χ2v) is 5.10. The first-order valence-electron chi connectivity index (χ1n) is 6.61. The summed E-state index contributed by atoms with van der Waals surface area (Å²) >= 11 is 0. The van der Waals surface area contributed by atoms with Crippen LogP contribution in [0.15, 0.2) is 30.3 Å². The second-order valence-electron chi connectivity index (χ2n) is 5.10. The van der Waals surface area contributed by atoms with E-state index in [1.807, 2.05) is 26.2 Å². The van der Waals surface area contributed by atoms with Gasteiger partial charge in [0.15, 0.2) is 0 Å². The first kappa shape index (κ1) is 13.1. The van der Waals surface area contributed by atoms with Crippen molar-refractivity contribution in [2.45, 2.75) is 6.04 Å². The van der Waals surface area contributed by atoms with Gasteiger partial charge in [0.25, 0.3) is 0 Å². The van der Waals surface area contributed by atoms with Crippen LogP contribution < -0.4 is 0 Å². The van der Waals surface area contributed by atoms with Crippen LogP contribution in [0.3, 0.4) is 0 Å². The highest BCUT2D eigenvalue weighted by Gasteiger charge is 2.41. The molecule has 0 N–H and O–H groups in total. The predicted molar refractivity (Wildman–Crippen MR) is 74.9 cm³/mol. The maximum atomic E-state index is 11.9. The molecule has 1 fully saturated rings. The van der Waals surface area contributed by atoms with E-state index in [-0.39, 0.29) is 17.9 Å². The van der Waals surface area contributed by atoms with Gasteiger partial charge in [-0.1, -0.05) is 18.2 Å². The first-order chi connectivity index (χ1) is 9.63. The molecule has 0 saturated carbocycles. The number of ether oxygens (including phenoxy) is 1. The topological polar surface area (TPSA) is 43.7 Å². The third kappa shape index (κ3) is 1.90. The van der Waals surface area contributed by atoms with E-state index in [9.17, 15) is 4.79 Å². The highest BCUT2D eigenvalue weighted by atomic mass is 16.7. The van der Waals surface area contributed by atoms with Crippen LogP contribution in [-0.2, 0) is 21.4 Å². The molecule has 0 amide bonds. The summed E-state index contributed by atoms with van der Waals surface area (Å²) in [7, 11) is 5.28. The fourth-order valence-corrected chi connectivity index (χ4v) is 2.96. The first-order valence-corrected chi connectivity index (χ1v) is 6.61. The Kier molecular flexibility index (Phi) is 3.23. The van der Waals surface area contributed by atoms with Gasteiger partial charge in [-0.15, -0.1) is 0 Å². The van der Waals surface area contributed by atoms with Crippen molar-refractivity contribution in [1.29, 1.82) is 0 Å². The molecule has 0 spiro atoms. The number of hydrogen-bond donors (Lipinski definition) is 0. The number of hydroxylamine groups is 2. The number of nitrogens with zero attached hydrogens (tertiary/aromatic N) is 2. The monoisotopic (exact) mass is 274 g/mol. The summed E-state index contributed by atoms with van der Waals surface area (Å²) in [5.41, 5.74) is 2.20. The minimum absolute atomic E-state index is 0.125. The zero-order chi connectivity index (χ0) is 14.3. The lowest BCUT2D eigenvalue weighted by Crippen LogP contribution is -2.28. The lowest BCUT2D eigenvalue weighted by Gasteiger charge is -2.22. The third-order valence-corrected chi connectivity index (χ3v) is 4.03. The van der Waals surface area contributed by atoms with Crippen molar-refractivity contribution < 1.29 is 14.4 Å². The summed E-state index contributed by atoms with van der Waals surface area (Å²) in [5, 5.41) is 2.91. The maximum absolute atomic E-state index is 11.9. The Morgan fingerprint density at radius 2 is 2.10 bits per heavy atom. The molecule has 2 aromatic rings. The highest BCUT2D eigenvalue weighted by Crippen LogP contribution is 2.36. The van der Waals surface area contributed by atoms with E-state index in [1.165, 1.54) is 7.11 Å². The molecule has 1 saturated heterocycles. The summed E-state index contributed by atoms with van der Waals surface area (Å²) in [6.45, 7) is 0.357. The number of carbonyl (C=O) groups excluding carboxylic acids is 1. The van der Waals surface area contributed by atoms with E-state index in [2.05, 4.69) is 22.8 Å². The number of carbonyl (C=O) groups is 1. The van der Waals surface area contributed by atoms with Crippen molar-refractivity contribution in [2.24, 2.45) is 13.0 Å². The van der Waals surface area contributed by atoms with Crippen LogP contribution in [0.4, 0.5) is 0 Å². The molecule has 0 unspecified atom stereocenters. The average molecular weight is 274 g/mol. The number of benzene rings is 1. The van der Waals surface area contributed by atoms with Gasteiger partial charge in [0.05, 0.1) is 19.8 Å². The Morgan fingerprint density at radius 1 is 1.35 bits per heavy atom. The molecule has 0 bridgehead atoms. The maximum Gasteiger partial charge on any atom is 0.313 e. The van der Waals surface area contributed by atoms with Crippen LogP contribution >= 0.6 is 0 Å². The number of esters is 1. The summed E-state index contributed by atoms with van der Waals surface area (Å²) in [6, 6.07) is 10.2. The van der Waals surface area contributed by atoms with Gasteiger partial charge in [0.2, 0.25) is 0 Å². The van der Waals surface area contributed by atoms with Crippen molar-refractivity contribution >= 4 is 16.9 Å². The minimum atomic E-state index is -0.298. The van der Waals surface area contributed by atoms with Gasteiger partial charge in [0, 0.05) is 25.3 Å². The molecule has 1 aromatic heterocycles. The number of rotatable bonds is 2. The van der Waals surface area contributed by atoms with Gasteiger partial charge in [-0.05, 0) is 17.5 Å². The molecule has 0 aliphatic carbocycles. The van der Waals surface area contributed by atoms with Gasteiger partial charge < -0.3 is 9.30 Å². The molecule has 2 atom stereocenters. The molecule has 0 radical (unpaired) electrons. The molecule has 1 aliphatic heterocycles. The normalized spacial score (nSPS) is 23.4. The fourth-order valence-electron chi connectivity index (χ4n) is 2.96. The molecule has 5 nitrogen and oxygen atoms in total. The van der Waals surface area contributed by atoms with Crippen LogP contribution in [0.2, 0.25) is 0 Å².